The summed E-state index contributed by atoms with van der Waals surface area (Å²) in [6.45, 7) is 5.81. The van der Waals surface area contributed by atoms with Crippen LogP contribution in [-0.2, 0) is 17.9 Å². The van der Waals surface area contributed by atoms with Crippen molar-refractivity contribution in [3.63, 3.8) is 0 Å². The zero-order chi connectivity index (χ0) is 33.3. The second-order valence-electron chi connectivity index (χ2n) is 8.60. The topological polar surface area (TPSA) is 190 Å². The second kappa shape index (κ2) is 25.3. The zero-order valence-electron chi connectivity index (χ0n) is 24.8. The predicted molar refractivity (Wildman–Crippen MR) is 180 cm³/mol. The van der Waals surface area contributed by atoms with Crippen LogP contribution < -0.4 is 16.4 Å². The number of aliphatic carboxylic acids is 1. The lowest BCUT2D eigenvalue weighted by molar-refractivity contribution is -0.405. The molecule has 1 aliphatic rings. The molecule has 3 rings (SSSR count). The molecule has 0 amide bonds. The van der Waals surface area contributed by atoms with Crippen LogP contribution in [0.4, 0.5) is 0 Å². The Labute approximate surface area is 275 Å². The van der Waals surface area contributed by atoms with Gasteiger partial charge in [-0.05, 0) is 67.8 Å². The van der Waals surface area contributed by atoms with Crippen LogP contribution in [0.3, 0.4) is 0 Å². The summed E-state index contributed by atoms with van der Waals surface area (Å²) in [5, 5.41) is 35.3. The number of nitrogens with two attached hydrogens (primary N) is 1. The number of nitrogens with one attached hydrogen (secondary N) is 2. The van der Waals surface area contributed by atoms with E-state index in [9.17, 15) is 20.2 Å². The van der Waals surface area contributed by atoms with E-state index in [0.29, 0.717) is 17.5 Å². The molecule has 0 atom stereocenters. The summed E-state index contributed by atoms with van der Waals surface area (Å²) in [6.07, 6.45) is 9.29. The Kier molecular flexibility index (Phi) is 23.5. The minimum Gasteiger partial charge on any atom is -0.481 e. The number of rotatable bonds is 11. The van der Waals surface area contributed by atoms with E-state index in [0.717, 1.165) is 79.7 Å². The Morgan fingerprint density at radius 3 is 2.23 bits per heavy atom. The van der Waals surface area contributed by atoms with Crippen molar-refractivity contribution in [2.24, 2.45) is 5.73 Å². The van der Waals surface area contributed by atoms with Crippen molar-refractivity contribution in [3.05, 3.63) is 107 Å². The summed E-state index contributed by atoms with van der Waals surface area (Å²) in [5.41, 5.74) is 7.59. The molecule has 1 aromatic heterocycles. The highest BCUT2D eigenvalue weighted by molar-refractivity contribution is 8.21. The number of benzene rings is 1. The van der Waals surface area contributed by atoms with Gasteiger partial charge < -0.3 is 26.4 Å². The number of nitro groups is 2. The standard InChI is InChI=1S/C11H13ClN4O2.C10H15ClN2.C4H7NO2S2.C2H4O2/c12-10-3-2-9(6-14-10)7-15-5-1-4-13-11(15)8-16(17)18;11-10-4-2-9(3-5-10)8-13-7-1-6-12;1-8-4(9-2)3-5(6)7;1-2(3)4/h2-3,6,8,13H,1,4-5,7H2;2-5,13H,1,6-8,12H2;3H,1-2H3;1H3,(H,3,4)/b11-8+;;;. The molecule has 1 saturated heterocycles. The first kappa shape index (κ1) is 40.9. The van der Waals surface area contributed by atoms with Crippen molar-refractivity contribution < 1.29 is 19.7 Å². The van der Waals surface area contributed by atoms with E-state index in [1.54, 1.807) is 12.3 Å². The number of hydrogen-bond acceptors (Lipinski definition) is 12. The molecule has 13 nitrogen and oxygen atoms in total. The van der Waals surface area contributed by atoms with Crippen molar-refractivity contribution in [3.8, 4) is 0 Å². The fourth-order valence-electron chi connectivity index (χ4n) is 3.17. The zero-order valence-corrected chi connectivity index (χ0v) is 27.9. The van der Waals surface area contributed by atoms with E-state index in [1.165, 1.54) is 29.1 Å². The van der Waals surface area contributed by atoms with Gasteiger partial charge in [0.1, 0.15) is 9.39 Å². The molecule has 5 N–H and O–H groups in total. The normalized spacial score (nSPS) is 12.6. The molecule has 2 heterocycles. The average molecular weight is 693 g/mol. The molecule has 1 aliphatic heterocycles. The fourth-order valence-corrected chi connectivity index (χ4v) is 4.45. The highest BCUT2D eigenvalue weighted by atomic mass is 35.5. The van der Waals surface area contributed by atoms with E-state index in [1.807, 2.05) is 47.7 Å². The molecule has 244 valence electrons. The number of thioether (sulfide) groups is 2. The highest BCUT2D eigenvalue weighted by Crippen LogP contribution is 2.22. The van der Waals surface area contributed by atoms with Crippen molar-refractivity contribution in [1.82, 2.24) is 20.5 Å². The van der Waals surface area contributed by atoms with Crippen LogP contribution >= 0.6 is 46.7 Å². The smallest absolute Gasteiger partial charge is 0.300 e. The van der Waals surface area contributed by atoms with Gasteiger partial charge in [-0.2, -0.15) is 0 Å². The molecule has 0 saturated carbocycles. The summed E-state index contributed by atoms with van der Waals surface area (Å²) in [7, 11) is 0. The van der Waals surface area contributed by atoms with Gasteiger partial charge in [-0.1, -0.05) is 41.4 Å². The van der Waals surface area contributed by atoms with E-state index in [-0.39, 0.29) is 0 Å². The second-order valence-corrected chi connectivity index (χ2v) is 11.4. The fraction of sp³-hybridized carbons (Fsp3) is 0.407. The number of carboxylic acids is 1. The van der Waals surface area contributed by atoms with Gasteiger partial charge in [0, 0.05) is 44.3 Å². The van der Waals surface area contributed by atoms with E-state index >= 15 is 0 Å². The Balaban J connectivity index is 0.000000625. The number of halogens is 2. The molecule has 0 bridgehead atoms. The summed E-state index contributed by atoms with van der Waals surface area (Å²) in [4.78, 5) is 34.4. The summed E-state index contributed by atoms with van der Waals surface area (Å²) >= 11 is 14.2. The first-order valence-corrected chi connectivity index (χ1v) is 16.3. The number of pyridine rings is 1. The Morgan fingerprint density at radius 1 is 1.14 bits per heavy atom. The lowest BCUT2D eigenvalue weighted by atomic mass is 10.2. The lowest BCUT2D eigenvalue weighted by Crippen LogP contribution is -2.39. The van der Waals surface area contributed by atoms with Crippen molar-refractivity contribution in [1.29, 1.82) is 0 Å². The molecule has 0 spiro atoms. The molecular weight excluding hydrogens is 653 g/mol. The quantitative estimate of drug-likeness (QED) is 0.103. The van der Waals surface area contributed by atoms with E-state index in [2.05, 4.69) is 15.6 Å². The molecule has 2 aromatic rings. The third kappa shape index (κ3) is 22.5. The van der Waals surface area contributed by atoms with Crippen LogP contribution in [0.5, 0.6) is 0 Å². The number of hydrogen-bond donors (Lipinski definition) is 4. The van der Waals surface area contributed by atoms with Gasteiger partial charge in [-0.25, -0.2) is 4.98 Å². The molecule has 17 heteroatoms. The summed E-state index contributed by atoms with van der Waals surface area (Å²) in [6, 6.07) is 11.4. The van der Waals surface area contributed by atoms with Crippen molar-refractivity contribution in [2.75, 3.05) is 38.7 Å². The van der Waals surface area contributed by atoms with Crippen molar-refractivity contribution in [2.45, 2.75) is 32.9 Å². The van der Waals surface area contributed by atoms with E-state index in [4.69, 9.17) is 38.8 Å². The van der Waals surface area contributed by atoms with Crippen LogP contribution in [0.25, 0.3) is 0 Å². The molecule has 0 radical (unpaired) electrons. The molecule has 0 unspecified atom stereocenters. The minimum absolute atomic E-state index is 0.441. The van der Waals surface area contributed by atoms with Crippen LogP contribution in [-0.4, -0.2) is 69.5 Å². The van der Waals surface area contributed by atoms with Gasteiger partial charge in [0.2, 0.25) is 0 Å². The third-order valence-electron chi connectivity index (χ3n) is 5.05. The van der Waals surface area contributed by atoms with Crippen LogP contribution in [0.1, 0.15) is 30.9 Å². The van der Waals surface area contributed by atoms with Gasteiger partial charge >= 0.3 is 0 Å². The summed E-state index contributed by atoms with van der Waals surface area (Å²) < 4.78 is 0.722. The Hall–Kier alpha value is -3.08. The van der Waals surface area contributed by atoms with Crippen molar-refractivity contribution >= 4 is 52.7 Å². The maximum atomic E-state index is 10.5. The minimum atomic E-state index is -0.833. The largest absolute Gasteiger partial charge is 0.481 e. The Bertz CT molecular complexity index is 1180. The van der Waals surface area contributed by atoms with Crippen LogP contribution in [0.15, 0.2) is 65.1 Å². The van der Waals surface area contributed by atoms with Crippen LogP contribution in [0.2, 0.25) is 10.2 Å². The SMILES string of the molecule is CC(=O)O.CSC(=C[N+](=O)[O-])SC.NCCCNCc1ccc(Cl)cc1.O=[N+]([O-])/C=C1\NCCCN1Cc1ccc(Cl)nc1. The molecule has 1 aromatic carbocycles. The molecular formula is C27H39Cl2N7O6S2. The molecule has 0 aliphatic carbocycles. The Morgan fingerprint density at radius 2 is 1.75 bits per heavy atom. The number of nitrogens with zero attached hydrogens (tertiary/aromatic N) is 4. The van der Waals surface area contributed by atoms with E-state index < -0.39 is 15.8 Å². The maximum absolute atomic E-state index is 10.5. The number of carbonyl (C=O) groups is 1. The number of carboxylic acid groups (broad SMARTS) is 1. The van der Waals surface area contributed by atoms with Gasteiger partial charge in [0.05, 0.1) is 9.85 Å². The third-order valence-corrected chi connectivity index (χ3v) is 7.55. The molecule has 44 heavy (non-hydrogen) atoms. The summed E-state index contributed by atoms with van der Waals surface area (Å²) in [5.74, 6) is -0.291. The lowest BCUT2D eigenvalue weighted by Gasteiger charge is -2.30. The monoisotopic (exact) mass is 691 g/mol. The first-order valence-electron chi connectivity index (χ1n) is 13.1. The van der Waals surface area contributed by atoms with Crippen LogP contribution in [0, 0.1) is 20.2 Å². The van der Waals surface area contributed by atoms with Gasteiger partial charge in [-0.15, -0.1) is 23.5 Å². The molecule has 1 fully saturated rings. The first-order chi connectivity index (χ1) is 20.9. The predicted octanol–water partition coefficient (Wildman–Crippen LogP) is 5.26. The number of aromatic nitrogens is 1. The highest BCUT2D eigenvalue weighted by Gasteiger charge is 2.17. The van der Waals surface area contributed by atoms with Gasteiger partial charge in [0.15, 0.2) is 5.82 Å². The average Bonchev–Trinajstić information content (AvgIpc) is 2.97. The maximum Gasteiger partial charge on any atom is 0.300 e. The van der Waals surface area contributed by atoms with Gasteiger partial charge in [0.25, 0.3) is 18.4 Å². The van der Waals surface area contributed by atoms with Gasteiger partial charge in [-0.3, -0.25) is 25.0 Å².